The first-order valence-corrected chi connectivity index (χ1v) is 10.9. The molecule has 2 saturated heterocycles. The second-order valence-electron chi connectivity index (χ2n) is 8.94. The van der Waals surface area contributed by atoms with Crippen molar-refractivity contribution in [1.82, 2.24) is 15.1 Å². The van der Waals surface area contributed by atoms with Gasteiger partial charge in [0, 0.05) is 32.7 Å². The van der Waals surface area contributed by atoms with E-state index in [2.05, 4.69) is 59.3 Å². The van der Waals surface area contributed by atoms with Crippen LogP contribution >= 0.6 is 0 Å². The lowest BCUT2D eigenvalue weighted by Gasteiger charge is -2.38. The molecule has 0 spiro atoms. The van der Waals surface area contributed by atoms with E-state index >= 15 is 0 Å². The summed E-state index contributed by atoms with van der Waals surface area (Å²) in [5.41, 5.74) is 1.39. The van der Waals surface area contributed by atoms with Crippen LogP contribution in [0.1, 0.15) is 38.7 Å². The molecular weight excluding hydrogens is 334 g/mol. The Morgan fingerprint density at radius 2 is 1.85 bits per heavy atom. The highest BCUT2D eigenvalue weighted by atomic mass is 16.1. The Hall–Kier alpha value is -1.39. The molecule has 0 aromatic heterocycles. The molecule has 2 heterocycles. The Kier molecular flexibility index (Phi) is 7.71. The van der Waals surface area contributed by atoms with Gasteiger partial charge in [-0.1, -0.05) is 44.2 Å². The zero-order valence-corrected chi connectivity index (χ0v) is 17.2. The van der Waals surface area contributed by atoms with Crippen molar-refractivity contribution in [3.63, 3.8) is 0 Å². The van der Waals surface area contributed by atoms with Crippen molar-refractivity contribution in [1.29, 1.82) is 0 Å². The summed E-state index contributed by atoms with van der Waals surface area (Å²) < 4.78 is 0. The minimum Gasteiger partial charge on any atom is -0.356 e. The van der Waals surface area contributed by atoms with Gasteiger partial charge in [-0.2, -0.15) is 0 Å². The van der Waals surface area contributed by atoms with Crippen molar-refractivity contribution < 1.29 is 4.79 Å². The number of rotatable bonds is 8. The molecule has 4 nitrogen and oxygen atoms in total. The van der Waals surface area contributed by atoms with Crippen molar-refractivity contribution in [3.05, 3.63) is 35.9 Å². The van der Waals surface area contributed by atoms with Gasteiger partial charge in [-0.05, 0) is 56.2 Å². The third-order valence-corrected chi connectivity index (χ3v) is 5.94. The van der Waals surface area contributed by atoms with Crippen molar-refractivity contribution in [2.75, 3.05) is 45.8 Å². The van der Waals surface area contributed by atoms with Crippen LogP contribution in [0.2, 0.25) is 0 Å². The fraction of sp³-hybridized carbons (Fsp3) is 0.696. The monoisotopic (exact) mass is 371 g/mol. The summed E-state index contributed by atoms with van der Waals surface area (Å²) in [6.45, 7) is 11.8. The highest BCUT2D eigenvalue weighted by Gasteiger charge is 2.32. The molecule has 0 radical (unpaired) electrons. The van der Waals surface area contributed by atoms with Crippen molar-refractivity contribution in [2.24, 2.45) is 17.8 Å². The lowest BCUT2D eigenvalue weighted by molar-refractivity contribution is -0.127. The molecule has 1 aromatic carbocycles. The Morgan fingerprint density at radius 3 is 2.56 bits per heavy atom. The van der Waals surface area contributed by atoms with Crippen LogP contribution < -0.4 is 5.32 Å². The Balaban J connectivity index is 1.57. The highest BCUT2D eigenvalue weighted by molar-refractivity contribution is 5.79. The third-order valence-electron chi connectivity index (χ3n) is 5.94. The second-order valence-corrected chi connectivity index (χ2v) is 8.94. The van der Waals surface area contributed by atoms with Crippen LogP contribution in [0.25, 0.3) is 0 Å². The van der Waals surface area contributed by atoms with E-state index in [4.69, 9.17) is 0 Å². The van der Waals surface area contributed by atoms with E-state index in [1.807, 2.05) is 0 Å². The maximum absolute atomic E-state index is 12.8. The van der Waals surface area contributed by atoms with E-state index < -0.39 is 0 Å². The average Bonchev–Trinajstić information content (AvgIpc) is 3.18. The summed E-state index contributed by atoms with van der Waals surface area (Å²) in [6.07, 6.45) is 4.78. The minimum atomic E-state index is 0.140. The Labute approximate surface area is 165 Å². The van der Waals surface area contributed by atoms with Gasteiger partial charge in [0.1, 0.15) is 0 Å². The smallest absolute Gasteiger partial charge is 0.224 e. The van der Waals surface area contributed by atoms with Gasteiger partial charge in [0.2, 0.25) is 5.91 Å². The fourth-order valence-electron chi connectivity index (χ4n) is 4.52. The van der Waals surface area contributed by atoms with Crippen LogP contribution in [0.4, 0.5) is 0 Å². The van der Waals surface area contributed by atoms with Gasteiger partial charge in [0.15, 0.2) is 0 Å². The van der Waals surface area contributed by atoms with Crippen LogP contribution in [0, 0.1) is 17.8 Å². The number of hydrogen-bond acceptors (Lipinski definition) is 3. The number of nitrogens with zero attached hydrogens (tertiary/aromatic N) is 2. The molecule has 0 unspecified atom stereocenters. The van der Waals surface area contributed by atoms with E-state index in [1.165, 1.54) is 31.5 Å². The molecule has 2 fully saturated rings. The number of piperidine rings is 1. The summed E-state index contributed by atoms with van der Waals surface area (Å²) >= 11 is 0. The number of benzene rings is 1. The number of likely N-dealkylation sites (tertiary alicyclic amines) is 2. The first kappa shape index (κ1) is 20.3. The zero-order valence-electron chi connectivity index (χ0n) is 17.2. The Bertz CT molecular complexity index is 568. The molecule has 150 valence electrons. The molecule has 4 heteroatoms. The lowest BCUT2D eigenvalue weighted by atomic mass is 9.87. The van der Waals surface area contributed by atoms with Crippen LogP contribution in [0.15, 0.2) is 30.3 Å². The van der Waals surface area contributed by atoms with Gasteiger partial charge in [-0.15, -0.1) is 0 Å². The maximum Gasteiger partial charge on any atom is 0.224 e. The number of amides is 1. The normalized spacial score (nSPS) is 24.4. The summed E-state index contributed by atoms with van der Waals surface area (Å²) in [7, 11) is 0. The van der Waals surface area contributed by atoms with Gasteiger partial charge in [-0.3, -0.25) is 4.79 Å². The third kappa shape index (κ3) is 6.62. The first-order valence-electron chi connectivity index (χ1n) is 10.9. The molecule has 0 bridgehead atoms. The summed E-state index contributed by atoms with van der Waals surface area (Å²) in [5, 5.41) is 3.18. The predicted octanol–water partition coefficient (Wildman–Crippen LogP) is 3.04. The molecule has 0 aliphatic carbocycles. The first-order chi connectivity index (χ1) is 13.1. The van der Waals surface area contributed by atoms with Crippen LogP contribution in [0.5, 0.6) is 0 Å². The van der Waals surface area contributed by atoms with Gasteiger partial charge < -0.3 is 15.1 Å². The quantitative estimate of drug-likeness (QED) is 0.763. The molecule has 27 heavy (non-hydrogen) atoms. The van der Waals surface area contributed by atoms with Crippen LogP contribution in [0.3, 0.4) is 0 Å². The van der Waals surface area contributed by atoms with Crippen molar-refractivity contribution in [3.8, 4) is 0 Å². The Morgan fingerprint density at radius 1 is 1.11 bits per heavy atom. The standard InChI is InChI=1S/C23H37N3O/c1-19(2)15-24-23(27)22-14-21(16-25-11-6-7-12-25)17-26(18-22)13-10-20-8-4-3-5-9-20/h3-5,8-9,19,21-22H,6-7,10-18H2,1-2H3,(H,24,27)/t21-,22-/m1/s1. The number of carbonyl (C=O) groups is 1. The number of nitrogens with one attached hydrogen (secondary N) is 1. The van der Waals surface area contributed by atoms with E-state index in [1.54, 1.807) is 0 Å². The van der Waals surface area contributed by atoms with Crippen LogP contribution in [-0.4, -0.2) is 61.5 Å². The molecule has 2 aliphatic rings. The van der Waals surface area contributed by atoms with E-state index in [-0.39, 0.29) is 11.8 Å². The summed E-state index contributed by atoms with van der Waals surface area (Å²) in [5.74, 6) is 1.52. The van der Waals surface area contributed by atoms with E-state index in [0.29, 0.717) is 11.8 Å². The average molecular weight is 372 g/mol. The molecule has 1 amide bonds. The van der Waals surface area contributed by atoms with Crippen molar-refractivity contribution in [2.45, 2.75) is 39.5 Å². The molecular formula is C23H37N3O. The van der Waals surface area contributed by atoms with Crippen molar-refractivity contribution >= 4 is 5.91 Å². The molecule has 3 rings (SSSR count). The number of hydrogen-bond donors (Lipinski definition) is 1. The topological polar surface area (TPSA) is 35.6 Å². The molecule has 1 aromatic rings. The molecule has 2 atom stereocenters. The molecule has 0 saturated carbocycles. The predicted molar refractivity (Wildman–Crippen MR) is 112 cm³/mol. The maximum atomic E-state index is 12.8. The number of carbonyl (C=O) groups excluding carboxylic acids is 1. The molecule has 2 aliphatic heterocycles. The SMILES string of the molecule is CC(C)CNC(=O)[C@@H]1C[C@H](CN2CCCC2)CN(CCc2ccccc2)C1. The van der Waals surface area contributed by atoms with E-state index in [0.717, 1.165) is 45.6 Å². The van der Waals surface area contributed by atoms with Gasteiger partial charge in [0.05, 0.1) is 5.92 Å². The fourth-order valence-corrected chi connectivity index (χ4v) is 4.52. The highest BCUT2D eigenvalue weighted by Crippen LogP contribution is 2.25. The zero-order chi connectivity index (χ0) is 19.1. The summed E-state index contributed by atoms with van der Waals surface area (Å²) in [4.78, 5) is 17.9. The largest absolute Gasteiger partial charge is 0.356 e. The molecule has 1 N–H and O–H groups in total. The van der Waals surface area contributed by atoms with Gasteiger partial charge in [0.25, 0.3) is 0 Å². The van der Waals surface area contributed by atoms with E-state index in [9.17, 15) is 4.79 Å². The second kappa shape index (κ2) is 10.2. The van der Waals surface area contributed by atoms with Gasteiger partial charge in [-0.25, -0.2) is 0 Å². The minimum absolute atomic E-state index is 0.140. The summed E-state index contributed by atoms with van der Waals surface area (Å²) in [6, 6.07) is 10.7. The van der Waals surface area contributed by atoms with Gasteiger partial charge >= 0.3 is 0 Å². The lowest BCUT2D eigenvalue weighted by Crippen LogP contribution is -2.49. The van der Waals surface area contributed by atoms with Crippen LogP contribution in [-0.2, 0) is 11.2 Å².